The van der Waals surface area contributed by atoms with Crippen molar-refractivity contribution in [3.8, 4) is 0 Å². The fourth-order valence-electron chi connectivity index (χ4n) is 15.4. The van der Waals surface area contributed by atoms with E-state index in [1.807, 2.05) is 0 Å². The van der Waals surface area contributed by atoms with Crippen LogP contribution in [0.4, 0.5) is 0 Å². The van der Waals surface area contributed by atoms with Gasteiger partial charge in [0.15, 0.2) is 0 Å². The van der Waals surface area contributed by atoms with Crippen molar-refractivity contribution < 1.29 is 25.1 Å². The average molecular weight is 1490 g/mol. The number of nitrogens with zero attached hydrogens (tertiary/aromatic N) is 2. The van der Waals surface area contributed by atoms with E-state index < -0.39 is 0 Å². The number of benzene rings is 2. The molecular formula is C98H178N2Pd. The number of allylic oxidation sites excluding steroid dienone is 2. The summed E-state index contributed by atoms with van der Waals surface area (Å²) in [7, 11) is 0. The third kappa shape index (κ3) is 60.8. The normalized spacial score (nSPS) is 12.2. The Morgan fingerprint density at radius 3 is 0.703 bits per heavy atom. The zero-order valence-corrected chi connectivity index (χ0v) is 71.1. The van der Waals surface area contributed by atoms with Crippen LogP contribution in [0.5, 0.6) is 0 Å². The number of rotatable bonds is 74. The summed E-state index contributed by atoms with van der Waals surface area (Å²) < 4.78 is 1.55. The summed E-state index contributed by atoms with van der Waals surface area (Å²) in [6, 6.07) is 18.1. The molecule has 590 valence electrons. The molecule has 3 rings (SSSR count). The Labute approximate surface area is 650 Å². The van der Waals surface area contributed by atoms with Crippen molar-refractivity contribution in [2.75, 3.05) is 0 Å². The Morgan fingerprint density at radius 2 is 0.446 bits per heavy atom. The smallest absolute Gasteiger partial charge is 0.493 e. The van der Waals surface area contributed by atoms with Crippen LogP contribution in [0.25, 0.3) is 16.9 Å². The molecule has 0 aliphatic carbocycles. The Hall–Kier alpha value is -1.82. The maximum absolute atomic E-state index is 11.9. The molecule has 0 unspecified atom stereocenters. The summed E-state index contributed by atoms with van der Waals surface area (Å²) in [5.41, 5.74) is 21.7. The van der Waals surface area contributed by atoms with Gasteiger partial charge in [0.25, 0.3) is 0 Å². The van der Waals surface area contributed by atoms with E-state index in [0.29, 0.717) is 0 Å². The van der Waals surface area contributed by atoms with Crippen LogP contribution >= 0.6 is 0 Å². The van der Waals surface area contributed by atoms with Gasteiger partial charge in [0.05, 0.1) is 0 Å². The standard InChI is InChI=1S/C38H56N2.2C30H61.Pd/c1-5-9-13-15-16-18-21-32-22-19-23-34(30-32)38-36(25-12-8-4)35(24-11-7-3)37(40(38)39)33-28-26-31(27-29-33)20-17-14-10-6-2;2*1-3-5-7-9-11-13-15-17-19-21-23-25-27-29-30-28-26-24-22-20-18-16-14-12-10-8-6-4-2;/h19,22-23,26-30H,5-18,20-21,24-25H2,1-4H3;2*1,3-30H2,2H3;/q;2*-1;+2. The number of hydrogen-bond acceptors (Lipinski definition) is 0. The van der Waals surface area contributed by atoms with Gasteiger partial charge in [-0.1, -0.05) is 477 Å². The van der Waals surface area contributed by atoms with E-state index in [-0.39, 0.29) is 20.4 Å². The Bertz CT molecular complexity index is 1930. The number of aryl methyl sites for hydroxylation is 2. The topological polar surface area (TPSA) is 25.3 Å². The van der Waals surface area contributed by atoms with Gasteiger partial charge in [0.2, 0.25) is 11.4 Å². The van der Waals surface area contributed by atoms with Gasteiger partial charge in [-0.05, 0) is 86.8 Å². The largest absolute Gasteiger partial charge is 2.00 e. The van der Waals surface area contributed by atoms with Gasteiger partial charge in [-0.2, -0.15) is 12.8 Å². The van der Waals surface area contributed by atoms with E-state index in [2.05, 4.69) is 104 Å². The molecular weight excluding hydrogens is 1310 g/mol. The van der Waals surface area contributed by atoms with Crippen molar-refractivity contribution in [3.05, 3.63) is 101 Å². The van der Waals surface area contributed by atoms with E-state index in [1.165, 1.54) is 433 Å². The predicted molar refractivity (Wildman–Crippen MR) is 455 cm³/mol. The van der Waals surface area contributed by atoms with E-state index in [0.717, 1.165) is 86.7 Å². The summed E-state index contributed by atoms with van der Waals surface area (Å²) in [4.78, 5) is 0. The molecule has 1 aliphatic heterocycles. The first-order valence-electron chi connectivity index (χ1n) is 46.2. The second-order valence-corrected chi connectivity index (χ2v) is 32.0. The Kier molecular flexibility index (Phi) is 79.3. The first-order valence-corrected chi connectivity index (χ1v) is 46.2. The first-order chi connectivity index (χ1) is 49.5. The van der Waals surface area contributed by atoms with E-state index in [9.17, 15) is 5.53 Å². The molecule has 0 saturated carbocycles. The first kappa shape index (κ1) is 99.2. The number of unbranched alkanes of at least 4 members (excludes halogenated alkanes) is 64. The molecule has 2 aromatic rings. The van der Waals surface area contributed by atoms with Crippen LogP contribution in [0.2, 0.25) is 0 Å². The monoisotopic (exact) mass is 1490 g/mol. The van der Waals surface area contributed by atoms with Crippen LogP contribution < -0.4 is 0 Å². The molecule has 0 radical (unpaired) electrons. The molecule has 0 aromatic heterocycles. The Morgan fingerprint density at radius 1 is 0.228 bits per heavy atom. The van der Waals surface area contributed by atoms with Crippen molar-refractivity contribution >= 4 is 11.4 Å². The van der Waals surface area contributed by atoms with Crippen LogP contribution in [0.1, 0.15) is 526 Å². The fourth-order valence-corrected chi connectivity index (χ4v) is 15.4. The zero-order valence-electron chi connectivity index (χ0n) is 69.6. The van der Waals surface area contributed by atoms with E-state index in [1.54, 1.807) is 4.70 Å². The molecule has 2 aromatic carbocycles. The van der Waals surface area contributed by atoms with E-state index >= 15 is 0 Å². The van der Waals surface area contributed by atoms with Crippen LogP contribution in [0.15, 0.2) is 59.7 Å². The minimum Gasteiger partial charge on any atom is -0.493 e. The van der Waals surface area contributed by atoms with Gasteiger partial charge in [-0.15, -0.1) is 0 Å². The van der Waals surface area contributed by atoms with Crippen molar-refractivity contribution in [3.63, 3.8) is 0 Å². The summed E-state index contributed by atoms with van der Waals surface area (Å²) in [6.45, 7) is 21.5. The zero-order chi connectivity index (χ0) is 72.2. The van der Waals surface area contributed by atoms with Gasteiger partial charge >= 0.3 is 20.4 Å². The molecule has 101 heavy (non-hydrogen) atoms. The average Bonchev–Trinajstić information content (AvgIpc) is 1.61. The molecule has 2 nitrogen and oxygen atoms in total. The van der Waals surface area contributed by atoms with Crippen LogP contribution in [-0.2, 0) is 33.3 Å². The SMILES string of the molecule is CCCCCCCCc1cccc(C2=C(CCCC)C(CCCC)=C(c3ccc(CCCCCC)cc3)[N+]2=[N-])c1.[CH2-]CCCCCCCCCCCCCCCCCCCCCCCCCCCCC.[CH2-]CCCCCCCCCCCCCCCCCCCCCCCCCCCCC.[Pd+2]. The minimum atomic E-state index is 0. The second kappa shape index (κ2) is 80.7. The van der Waals surface area contributed by atoms with Crippen LogP contribution in [0, 0.1) is 13.8 Å². The molecule has 3 heteroatoms. The summed E-state index contributed by atoms with van der Waals surface area (Å²) >= 11 is 0. The molecule has 0 saturated heterocycles. The third-order valence-electron chi connectivity index (χ3n) is 22.2. The molecule has 0 N–H and O–H groups in total. The Balaban J connectivity index is 0.00000151. The molecule has 1 aliphatic rings. The van der Waals surface area contributed by atoms with Crippen LogP contribution in [0.3, 0.4) is 0 Å². The quantitative estimate of drug-likeness (QED) is 0.0273. The molecule has 0 amide bonds. The molecule has 0 bridgehead atoms. The van der Waals surface area contributed by atoms with Crippen molar-refractivity contribution in [1.29, 1.82) is 0 Å². The summed E-state index contributed by atoms with van der Waals surface area (Å²) in [6.07, 6.45) is 104. The number of hydrogen-bond donors (Lipinski definition) is 0. The maximum Gasteiger partial charge on any atom is 2.00 e. The molecule has 1 heterocycles. The van der Waals surface area contributed by atoms with Crippen molar-refractivity contribution in [1.82, 2.24) is 0 Å². The van der Waals surface area contributed by atoms with E-state index in [4.69, 9.17) is 0 Å². The minimum absolute atomic E-state index is 0. The second-order valence-electron chi connectivity index (χ2n) is 32.0. The van der Waals surface area contributed by atoms with Gasteiger partial charge in [0, 0.05) is 22.3 Å². The van der Waals surface area contributed by atoms with Gasteiger partial charge in [-0.3, -0.25) is 0 Å². The summed E-state index contributed by atoms with van der Waals surface area (Å²) in [5, 5.41) is 0. The molecule has 0 atom stereocenters. The van der Waals surface area contributed by atoms with Gasteiger partial charge < -0.3 is 19.4 Å². The van der Waals surface area contributed by atoms with Gasteiger partial charge in [0.1, 0.15) is 0 Å². The van der Waals surface area contributed by atoms with Gasteiger partial charge in [-0.25, -0.2) is 4.70 Å². The molecule has 0 spiro atoms. The third-order valence-corrected chi connectivity index (χ3v) is 22.2. The maximum atomic E-state index is 11.9. The summed E-state index contributed by atoms with van der Waals surface area (Å²) in [5.74, 6) is 0. The predicted octanol–water partition coefficient (Wildman–Crippen LogP) is 35.8. The molecule has 0 fully saturated rings. The van der Waals surface area contributed by atoms with Crippen LogP contribution in [-0.4, -0.2) is 4.70 Å². The fraction of sp³-hybridized carbons (Fsp3) is 0.816. The van der Waals surface area contributed by atoms with Crippen molar-refractivity contribution in [2.45, 2.75) is 517 Å². The van der Waals surface area contributed by atoms with Crippen molar-refractivity contribution in [2.24, 2.45) is 0 Å².